The van der Waals surface area contributed by atoms with Crippen LogP contribution in [0, 0.1) is 5.82 Å². The number of carbonyl (C=O) groups is 1. The number of hydrogen-bond acceptors (Lipinski definition) is 3. The summed E-state index contributed by atoms with van der Waals surface area (Å²) in [4.78, 5) is 13.5. The van der Waals surface area contributed by atoms with Crippen molar-refractivity contribution in [1.82, 2.24) is 0 Å². The van der Waals surface area contributed by atoms with Gasteiger partial charge in [0.15, 0.2) is 0 Å². The fraction of sp³-hybridized carbons (Fsp3) is 0.500. The quantitative estimate of drug-likeness (QED) is 0.739. The van der Waals surface area contributed by atoms with Gasteiger partial charge in [0.1, 0.15) is 5.82 Å². The number of carbonyl (C=O) groups excluding carboxylic acids is 1. The molecule has 1 aromatic rings. The van der Waals surface area contributed by atoms with Gasteiger partial charge in [-0.25, -0.2) is 4.39 Å². The van der Waals surface area contributed by atoms with Crippen molar-refractivity contribution < 1.29 is 18.5 Å². The Labute approximate surface area is 118 Å². The molecule has 1 fully saturated rings. The van der Waals surface area contributed by atoms with Crippen LogP contribution in [0.15, 0.2) is 18.2 Å². The van der Waals surface area contributed by atoms with Gasteiger partial charge in [0.25, 0.3) is 0 Å². The lowest BCUT2D eigenvalue weighted by Crippen LogP contribution is -2.44. The summed E-state index contributed by atoms with van der Waals surface area (Å²) in [7, 11) is -0.884. The Morgan fingerprint density at radius 2 is 1.80 bits per heavy atom. The standard InChI is InChI=1S/C14H17BFNO3/c1-13(2)14(3,4)20-15(19-13)17-11(18)8-9-6-5-7-10(16)12(9)17/h5-7H,8H2,1-4H3. The molecule has 6 heteroatoms. The molecule has 0 radical (unpaired) electrons. The summed E-state index contributed by atoms with van der Waals surface area (Å²) in [6.45, 7) is 7.59. The Hall–Kier alpha value is -1.40. The van der Waals surface area contributed by atoms with Crippen LogP contribution >= 0.6 is 0 Å². The molecule has 2 aliphatic rings. The lowest BCUT2D eigenvalue weighted by Gasteiger charge is -2.32. The van der Waals surface area contributed by atoms with E-state index >= 15 is 0 Å². The van der Waals surface area contributed by atoms with E-state index in [0.29, 0.717) is 5.56 Å². The molecule has 0 atom stereocenters. The van der Waals surface area contributed by atoms with Crippen molar-refractivity contribution in [2.75, 3.05) is 4.81 Å². The summed E-state index contributed by atoms with van der Waals surface area (Å²) in [6, 6.07) is 4.70. The summed E-state index contributed by atoms with van der Waals surface area (Å²) in [6.07, 6.45) is 0.178. The molecule has 0 bridgehead atoms. The molecule has 2 aliphatic heterocycles. The smallest absolute Gasteiger partial charge is 0.384 e. The molecule has 4 nitrogen and oxygen atoms in total. The first-order chi connectivity index (χ1) is 9.23. The maximum atomic E-state index is 14.0. The van der Waals surface area contributed by atoms with Gasteiger partial charge in [0.05, 0.1) is 23.3 Å². The molecule has 0 saturated carbocycles. The Morgan fingerprint density at radius 1 is 1.20 bits per heavy atom. The summed E-state index contributed by atoms with van der Waals surface area (Å²) in [5.41, 5.74) is -0.182. The van der Waals surface area contributed by atoms with E-state index in [4.69, 9.17) is 9.31 Å². The predicted octanol–water partition coefficient (Wildman–Crippen LogP) is 2.30. The topological polar surface area (TPSA) is 38.8 Å². The minimum atomic E-state index is -0.884. The first kappa shape index (κ1) is 13.6. The summed E-state index contributed by atoms with van der Waals surface area (Å²) >= 11 is 0. The second-order valence-electron chi connectivity index (χ2n) is 6.25. The Morgan fingerprint density at radius 3 is 2.40 bits per heavy atom. The number of rotatable bonds is 1. The summed E-state index contributed by atoms with van der Waals surface area (Å²) in [5.74, 6) is -0.633. The van der Waals surface area contributed by atoms with Crippen LogP contribution in [0.1, 0.15) is 33.3 Å². The summed E-state index contributed by atoms with van der Waals surface area (Å²) < 4.78 is 25.7. The van der Waals surface area contributed by atoms with Crippen molar-refractivity contribution in [3.05, 3.63) is 29.6 Å². The second kappa shape index (κ2) is 4.05. The number of nitrogens with zero attached hydrogens (tertiary/aromatic N) is 1. The normalized spacial score (nSPS) is 23.4. The number of hydrogen-bond donors (Lipinski definition) is 0. The fourth-order valence-corrected chi connectivity index (χ4v) is 2.49. The molecular formula is C14H17BFNO3. The number of amides is 1. The monoisotopic (exact) mass is 277 g/mol. The molecule has 3 rings (SSSR count). The predicted molar refractivity (Wildman–Crippen MR) is 73.7 cm³/mol. The van der Waals surface area contributed by atoms with Crippen molar-refractivity contribution in [2.45, 2.75) is 45.3 Å². The molecule has 20 heavy (non-hydrogen) atoms. The Balaban J connectivity index is 2.00. The van der Waals surface area contributed by atoms with Gasteiger partial charge in [-0.3, -0.25) is 4.79 Å². The molecule has 0 aliphatic carbocycles. The third-order valence-electron chi connectivity index (χ3n) is 4.37. The van der Waals surface area contributed by atoms with Crippen LogP contribution in [-0.2, 0) is 20.5 Å². The van der Waals surface area contributed by atoms with Gasteiger partial charge in [-0.2, -0.15) is 0 Å². The number of halogens is 1. The second-order valence-corrected chi connectivity index (χ2v) is 6.25. The maximum absolute atomic E-state index is 14.0. The van der Waals surface area contributed by atoms with Crippen LogP contribution in [-0.4, -0.2) is 24.4 Å². The van der Waals surface area contributed by atoms with Crippen LogP contribution < -0.4 is 4.81 Å². The van der Waals surface area contributed by atoms with Crippen molar-refractivity contribution in [2.24, 2.45) is 0 Å². The Bertz CT molecular complexity index is 572. The van der Waals surface area contributed by atoms with Crippen LogP contribution in [0.5, 0.6) is 0 Å². The van der Waals surface area contributed by atoms with E-state index in [9.17, 15) is 9.18 Å². The molecule has 106 valence electrons. The highest BCUT2D eigenvalue weighted by molar-refractivity contribution is 6.57. The lowest BCUT2D eigenvalue weighted by atomic mass is 9.90. The van der Waals surface area contributed by atoms with E-state index in [-0.39, 0.29) is 18.0 Å². The highest BCUT2D eigenvalue weighted by Gasteiger charge is 2.57. The van der Waals surface area contributed by atoms with E-state index in [2.05, 4.69) is 0 Å². The molecule has 2 heterocycles. The van der Waals surface area contributed by atoms with Gasteiger partial charge in [0, 0.05) is 0 Å². The minimum absolute atomic E-state index is 0.178. The molecule has 1 amide bonds. The number of fused-ring (bicyclic) bond motifs is 1. The van der Waals surface area contributed by atoms with Gasteiger partial charge < -0.3 is 14.1 Å². The highest BCUT2D eigenvalue weighted by Crippen LogP contribution is 2.41. The molecule has 0 spiro atoms. The van der Waals surface area contributed by atoms with Gasteiger partial charge in [0.2, 0.25) is 5.91 Å². The molecule has 0 aromatic heterocycles. The summed E-state index contributed by atoms with van der Waals surface area (Å²) in [5, 5.41) is 0. The van der Waals surface area contributed by atoms with E-state index in [1.165, 1.54) is 10.9 Å². The van der Waals surface area contributed by atoms with Crippen molar-refractivity contribution in [1.29, 1.82) is 0 Å². The zero-order valence-corrected chi connectivity index (χ0v) is 12.1. The van der Waals surface area contributed by atoms with Crippen LogP contribution in [0.4, 0.5) is 10.1 Å². The molecule has 0 unspecified atom stereocenters. The maximum Gasteiger partial charge on any atom is 0.601 e. The van der Waals surface area contributed by atoms with Gasteiger partial charge in [-0.15, -0.1) is 0 Å². The van der Waals surface area contributed by atoms with Crippen LogP contribution in [0.2, 0.25) is 0 Å². The lowest BCUT2D eigenvalue weighted by molar-refractivity contribution is -0.116. The third kappa shape index (κ3) is 1.78. The van der Waals surface area contributed by atoms with Gasteiger partial charge in [-0.1, -0.05) is 12.1 Å². The first-order valence-electron chi connectivity index (χ1n) is 6.68. The van der Waals surface area contributed by atoms with Crippen molar-refractivity contribution in [3.8, 4) is 0 Å². The highest BCUT2D eigenvalue weighted by atomic mass is 19.1. The third-order valence-corrected chi connectivity index (χ3v) is 4.37. The van der Waals surface area contributed by atoms with Crippen molar-refractivity contribution >= 4 is 18.8 Å². The van der Waals surface area contributed by atoms with Crippen LogP contribution in [0.25, 0.3) is 0 Å². The average Bonchev–Trinajstić information content (AvgIpc) is 2.74. The van der Waals surface area contributed by atoms with E-state index in [0.717, 1.165) is 0 Å². The zero-order chi connectivity index (χ0) is 14.7. The average molecular weight is 277 g/mol. The van der Waals surface area contributed by atoms with E-state index in [1.807, 2.05) is 27.7 Å². The number of para-hydroxylation sites is 1. The molecular weight excluding hydrogens is 260 g/mol. The number of benzene rings is 1. The molecule has 1 aromatic carbocycles. The van der Waals surface area contributed by atoms with Crippen LogP contribution in [0.3, 0.4) is 0 Å². The molecule has 1 saturated heterocycles. The fourth-order valence-electron chi connectivity index (χ4n) is 2.49. The number of anilines is 1. The van der Waals surface area contributed by atoms with Crippen molar-refractivity contribution in [3.63, 3.8) is 0 Å². The zero-order valence-electron chi connectivity index (χ0n) is 12.1. The molecule has 0 N–H and O–H groups in total. The Kier molecular flexibility index (Phi) is 2.75. The van der Waals surface area contributed by atoms with E-state index in [1.54, 1.807) is 12.1 Å². The van der Waals surface area contributed by atoms with Gasteiger partial charge in [-0.05, 0) is 39.3 Å². The van der Waals surface area contributed by atoms with E-state index < -0.39 is 24.3 Å². The SMILES string of the molecule is CC1(C)OB(N2C(=O)Cc3cccc(F)c32)OC1(C)C. The minimum Gasteiger partial charge on any atom is -0.384 e. The first-order valence-corrected chi connectivity index (χ1v) is 6.68. The largest absolute Gasteiger partial charge is 0.601 e. The van der Waals surface area contributed by atoms with Gasteiger partial charge >= 0.3 is 7.25 Å².